The van der Waals surface area contributed by atoms with Crippen molar-refractivity contribution in [3.05, 3.63) is 28.8 Å². The molecule has 1 heterocycles. The van der Waals surface area contributed by atoms with Crippen LogP contribution in [0.4, 0.5) is 5.69 Å². The standard InChI is InChI=1S/C16H23ClN2O/c1-11(9-18-16(2,3)4)10-19-14-8-13(17)6-5-12(14)7-15(19)20/h5-6,8,11,18H,7,9-10H2,1-4H3. The molecule has 0 bridgehead atoms. The Morgan fingerprint density at radius 1 is 1.40 bits per heavy atom. The van der Waals surface area contributed by atoms with Crippen LogP contribution < -0.4 is 10.2 Å². The first-order chi connectivity index (χ1) is 9.26. The first-order valence-electron chi connectivity index (χ1n) is 7.10. The molecule has 0 saturated carbocycles. The molecule has 4 heteroatoms. The number of nitrogens with one attached hydrogen (secondary N) is 1. The number of halogens is 1. The van der Waals surface area contributed by atoms with E-state index in [2.05, 4.69) is 33.0 Å². The molecule has 20 heavy (non-hydrogen) atoms. The number of anilines is 1. The number of amides is 1. The van der Waals surface area contributed by atoms with E-state index in [-0.39, 0.29) is 11.4 Å². The van der Waals surface area contributed by atoms with Crippen LogP contribution in [0.2, 0.25) is 5.02 Å². The van der Waals surface area contributed by atoms with Gasteiger partial charge in [0.25, 0.3) is 0 Å². The van der Waals surface area contributed by atoms with Gasteiger partial charge in [0.05, 0.1) is 6.42 Å². The molecule has 110 valence electrons. The van der Waals surface area contributed by atoms with E-state index in [1.165, 1.54) is 0 Å². The smallest absolute Gasteiger partial charge is 0.231 e. The summed E-state index contributed by atoms with van der Waals surface area (Å²) in [5.74, 6) is 0.563. The minimum absolute atomic E-state index is 0.102. The maximum Gasteiger partial charge on any atom is 0.231 e. The Hall–Kier alpha value is -1.06. The van der Waals surface area contributed by atoms with Crippen molar-refractivity contribution >= 4 is 23.2 Å². The summed E-state index contributed by atoms with van der Waals surface area (Å²) in [6.45, 7) is 10.2. The quantitative estimate of drug-likeness (QED) is 0.924. The fraction of sp³-hybridized carbons (Fsp3) is 0.562. The third-order valence-electron chi connectivity index (χ3n) is 3.46. The van der Waals surface area contributed by atoms with Gasteiger partial charge in [-0.25, -0.2) is 0 Å². The zero-order valence-electron chi connectivity index (χ0n) is 12.7. The molecule has 0 aliphatic carbocycles. The molecule has 0 spiro atoms. The van der Waals surface area contributed by atoms with E-state index in [4.69, 9.17) is 11.6 Å². The molecule has 0 radical (unpaired) electrons. The summed E-state index contributed by atoms with van der Waals surface area (Å²) in [7, 11) is 0. The minimum Gasteiger partial charge on any atom is -0.312 e. The molecule has 1 N–H and O–H groups in total. The summed E-state index contributed by atoms with van der Waals surface area (Å²) >= 11 is 6.04. The van der Waals surface area contributed by atoms with Crippen molar-refractivity contribution in [1.82, 2.24) is 5.32 Å². The van der Waals surface area contributed by atoms with E-state index in [0.717, 1.165) is 24.3 Å². The van der Waals surface area contributed by atoms with Gasteiger partial charge in [0.1, 0.15) is 0 Å². The highest BCUT2D eigenvalue weighted by molar-refractivity contribution is 6.31. The first kappa shape index (κ1) is 15.3. The predicted octanol–water partition coefficient (Wildman–Crippen LogP) is 3.25. The molecule has 1 aliphatic rings. The van der Waals surface area contributed by atoms with Crippen LogP contribution in [0.15, 0.2) is 18.2 Å². The van der Waals surface area contributed by atoms with Gasteiger partial charge in [-0.3, -0.25) is 4.79 Å². The summed E-state index contributed by atoms with van der Waals surface area (Å²) in [5, 5.41) is 4.17. The molecule has 1 aromatic rings. The van der Waals surface area contributed by atoms with Gasteiger partial charge < -0.3 is 10.2 Å². The van der Waals surface area contributed by atoms with Gasteiger partial charge in [-0.15, -0.1) is 0 Å². The van der Waals surface area contributed by atoms with Gasteiger partial charge in [0.2, 0.25) is 5.91 Å². The van der Waals surface area contributed by atoms with Crippen LogP contribution in [0.25, 0.3) is 0 Å². The topological polar surface area (TPSA) is 32.3 Å². The molecular formula is C16H23ClN2O. The van der Waals surface area contributed by atoms with Crippen LogP contribution in [-0.4, -0.2) is 24.5 Å². The van der Waals surface area contributed by atoms with Crippen LogP contribution >= 0.6 is 11.6 Å². The summed E-state index contributed by atoms with van der Waals surface area (Å²) in [6, 6.07) is 5.70. The van der Waals surface area contributed by atoms with Crippen LogP contribution in [0, 0.1) is 5.92 Å². The molecule has 0 saturated heterocycles. The number of fused-ring (bicyclic) bond motifs is 1. The van der Waals surface area contributed by atoms with E-state index in [1.54, 1.807) is 0 Å². The first-order valence-corrected chi connectivity index (χ1v) is 7.48. The normalized spacial score (nSPS) is 16.4. The molecule has 1 atom stereocenters. The van der Waals surface area contributed by atoms with E-state index >= 15 is 0 Å². The molecule has 1 amide bonds. The monoisotopic (exact) mass is 294 g/mol. The molecule has 3 nitrogen and oxygen atoms in total. The molecule has 0 aromatic heterocycles. The lowest BCUT2D eigenvalue weighted by Crippen LogP contribution is -2.42. The lowest BCUT2D eigenvalue weighted by atomic mass is 10.1. The third-order valence-corrected chi connectivity index (χ3v) is 3.69. The average molecular weight is 295 g/mol. The molecule has 1 aliphatic heterocycles. The Kier molecular flexibility index (Phi) is 4.40. The van der Waals surface area contributed by atoms with Gasteiger partial charge in [-0.2, -0.15) is 0 Å². The number of carbonyl (C=O) groups is 1. The lowest BCUT2D eigenvalue weighted by molar-refractivity contribution is -0.117. The highest BCUT2D eigenvalue weighted by atomic mass is 35.5. The van der Waals surface area contributed by atoms with E-state index in [9.17, 15) is 4.79 Å². The number of rotatable bonds is 4. The predicted molar refractivity (Wildman–Crippen MR) is 84.4 cm³/mol. The van der Waals surface area contributed by atoms with Gasteiger partial charge in [0.15, 0.2) is 0 Å². The average Bonchev–Trinajstić information content (AvgIpc) is 2.63. The summed E-state index contributed by atoms with van der Waals surface area (Å²) in [5.41, 5.74) is 2.16. The van der Waals surface area contributed by atoms with Crippen molar-refractivity contribution in [3.8, 4) is 0 Å². The van der Waals surface area contributed by atoms with Crippen LogP contribution in [0.3, 0.4) is 0 Å². The Bertz CT molecular complexity index is 508. The van der Waals surface area contributed by atoms with Crippen molar-refractivity contribution in [2.45, 2.75) is 39.7 Å². The number of hydrogen-bond donors (Lipinski definition) is 1. The Morgan fingerprint density at radius 2 is 2.10 bits per heavy atom. The van der Waals surface area contributed by atoms with Crippen LogP contribution in [0.1, 0.15) is 33.3 Å². The molecule has 1 aromatic carbocycles. The second kappa shape index (κ2) is 5.74. The lowest BCUT2D eigenvalue weighted by Gasteiger charge is -2.26. The minimum atomic E-state index is 0.102. The van der Waals surface area contributed by atoms with Gasteiger partial charge in [-0.1, -0.05) is 24.6 Å². The number of nitrogens with zero attached hydrogens (tertiary/aromatic N) is 1. The van der Waals surface area contributed by atoms with E-state index < -0.39 is 0 Å². The van der Waals surface area contributed by atoms with Crippen LogP contribution in [0.5, 0.6) is 0 Å². The highest BCUT2D eigenvalue weighted by Gasteiger charge is 2.28. The number of benzene rings is 1. The molecule has 1 unspecified atom stereocenters. The zero-order chi connectivity index (χ0) is 14.9. The maximum atomic E-state index is 12.1. The van der Waals surface area contributed by atoms with E-state index in [1.807, 2.05) is 23.1 Å². The second-order valence-corrected chi connectivity index (χ2v) is 7.13. The Morgan fingerprint density at radius 3 is 2.75 bits per heavy atom. The van der Waals surface area contributed by atoms with E-state index in [0.29, 0.717) is 17.4 Å². The van der Waals surface area contributed by atoms with Crippen molar-refractivity contribution in [1.29, 1.82) is 0 Å². The number of carbonyl (C=O) groups excluding carboxylic acids is 1. The molecule has 2 rings (SSSR count). The summed E-state index contributed by atoms with van der Waals surface area (Å²) < 4.78 is 0. The van der Waals surface area contributed by atoms with Crippen molar-refractivity contribution in [3.63, 3.8) is 0 Å². The van der Waals surface area contributed by atoms with Gasteiger partial charge >= 0.3 is 0 Å². The van der Waals surface area contributed by atoms with Crippen molar-refractivity contribution in [2.24, 2.45) is 5.92 Å². The van der Waals surface area contributed by atoms with Gasteiger partial charge in [-0.05, 0) is 50.9 Å². The van der Waals surface area contributed by atoms with Gasteiger partial charge in [0, 0.05) is 22.8 Å². The summed E-state index contributed by atoms with van der Waals surface area (Å²) in [6.07, 6.45) is 0.492. The number of hydrogen-bond acceptors (Lipinski definition) is 2. The van der Waals surface area contributed by atoms with Crippen molar-refractivity contribution in [2.75, 3.05) is 18.0 Å². The third kappa shape index (κ3) is 3.74. The van der Waals surface area contributed by atoms with Crippen LogP contribution in [-0.2, 0) is 11.2 Å². The second-order valence-electron chi connectivity index (χ2n) is 6.69. The fourth-order valence-corrected chi connectivity index (χ4v) is 2.55. The maximum absolute atomic E-state index is 12.1. The Labute approximate surface area is 126 Å². The highest BCUT2D eigenvalue weighted by Crippen LogP contribution is 2.31. The Balaban J connectivity index is 2.03. The SMILES string of the molecule is CC(CNC(C)(C)C)CN1C(=O)Cc2ccc(Cl)cc21. The molecule has 0 fully saturated rings. The fourth-order valence-electron chi connectivity index (χ4n) is 2.39. The zero-order valence-corrected chi connectivity index (χ0v) is 13.4. The largest absolute Gasteiger partial charge is 0.312 e. The molecular weight excluding hydrogens is 272 g/mol. The van der Waals surface area contributed by atoms with Crippen molar-refractivity contribution < 1.29 is 4.79 Å². The summed E-state index contributed by atoms with van der Waals surface area (Å²) in [4.78, 5) is 14.0.